The Morgan fingerprint density at radius 3 is 2.71 bits per heavy atom. The molecule has 2 N–H and O–H groups in total. The minimum absolute atomic E-state index is 0.778. The zero-order chi connectivity index (χ0) is 10.3. The van der Waals surface area contributed by atoms with E-state index in [0.717, 1.165) is 29.3 Å². The van der Waals surface area contributed by atoms with Crippen LogP contribution >= 0.6 is 0 Å². The van der Waals surface area contributed by atoms with Crippen LogP contribution < -0.4 is 5.73 Å². The van der Waals surface area contributed by atoms with E-state index in [1.165, 1.54) is 5.56 Å². The Balaban J connectivity index is 2.85. The molecule has 0 amide bonds. The number of nitrogens with two attached hydrogens (primary N) is 1. The van der Waals surface area contributed by atoms with Gasteiger partial charge in [-0.2, -0.15) is 0 Å². The van der Waals surface area contributed by atoms with Gasteiger partial charge < -0.3 is 5.73 Å². The average Bonchev–Trinajstić information content (AvgIpc) is 2.42. The molecule has 2 aromatic heterocycles. The minimum atomic E-state index is 0.778. The van der Waals surface area contributed by atoms with Gasteiger partial charge in [-0.15, -0.1) is 0 Å². The first-order valence-corrected chi connectivity index (χ1v) is 4.87. The SMILES string of the molecule is CCc1nc2cc(C)cc(C)n2c1N. The zero-order valence-corrected chi connectivity index (χ0v) is 8.83. The monoisotopic (exact) mass is 189 g/mol. The number of nitrogen functional groups attached to an aromatic ring is 1. The zero-order valence-electron chi connectivity index (χ0n) is 8.83. The lowest BCUT2D eigenvalue weighted by Crippen LogP contribution is -1.98. The number of fused-ring (bicyclic) bond motifs is 1. The van der Waals surface area contributed by atoms with Gasteiger partial charge in [0.05, 0.1) is 5.69 Å². The lowest BCUT2D eigenvalue weighted by Gasteiger charge is -2.03. The molecule has 0 fully saturated rings. The second-order valence-electron chi connectivity index (χ2n) is 3.66. The largest absolute Gasteiger partial charge is 0.383 e. The van der Waals surface area contributed by atoms with E-state index in [9.17, 15) is 0 Å². The van der Waals surface area contributed by atoms with Gasteiger partial charge in [-0.1, -0.05) is 6.92 Å². The fraction of sp³-hybridized carbons (Fsp3) is 0.364. The van der Waals surface area contributed by atoms with Gasteiger partial charge >= 0.3 is 0 Å². The predicted molar refractivity (Wildman–Crippen MR) is 58.5 cm³/mol. The first kappa shape index (κ1) is 9.06. The van der Waals surface area contributed by atoms with Gasteiger partial charge in [0.2, 0.25) is 0 Å². The standard InChI is InChI=1S/C11H15N3/c1-4-9-11(12)14-8(3)5-7(2)6-10(14)13-9/h5-6H,4,12H2,1-3H3. The van der Waals surface area contributed by atoms with Crippen LogP contribution in [0.5, 0.6) is 0 Å². The Labute approximate surface area is 83.6 Å². The maximum absolute atomic E-state index is 6.00. The smallest absolute Gasteiger partial charge is 0.139 e. The van der Waals surface area contributed by atoms with Crippen molar-refractivity contribution in [2.75, 3.05) is 5.73 Å². The summed E-state index contributed by atoms with van der Waals surface area (Å²) in [6.45, 7) is 6.20. The lowest BCUT2D eigenvalue weighted by atomic mass is 10.2. The number of aryl methyl sites for hydroxylation is 3. The average molecular weight is 189 g/mol. The molecule has 0 saturated carbocycles. The van der Waals surface area contributed by atoms with Gasteiger partial charge in [-0.05, 0) is 38.0 Å². The van der Waals surface area contributed by atoms with Crippen molar-refractivity contribution in [3.63, 3.8) is 0 Å². The molecular formula is C11H15N3. The highest BCUT2D eigenvalue weighted by atomic mass is 15.1. The minimum Gasteiger partial charge on any atom is -0.383 e. The van der Waals surface area contributed by atoms with E-state index in [-0.39, 0.29) is 0 Å². The number of anilines is 1. The highest BCUT2D eigenvalue weighted by Gasteiger charge is 2.08. The van der Waals surface area contributed by atoms with Gasteiger partial charge in [0.1, 0.15) is 11.5 Å². The van der Waals surface area contributed by atoms with E-state index < -0.39 is 0 Å². The van der Waals surface area contributed by atoms with Gasteiger partial charge in [0.25, 0.3) is 0 Å². The summed E-state index contributed by atoms with van der Waals surface area (Å²) in [7, 11) is 0. The second-order valence-corrected chi connectivity index (χ2v) is 3.66. The summed E-state index contributed by atoms with van der Waals surface area (Å²) in [4.78, 5) is 4.49. The summed E-state index contributed by atoms with van der Waals surface area (Å²) in [6.07, 6.45) is 0.881. The third-order valence-electron chi connectivity index (χ3n) is 2.50. The molecule has 2 aromatic rings. The summed E-state index contributed by atoms with van der Waals surface area (Å²) in [5.74, 6) is 0.778. The van der Waals surface area contributed by atoms with E-state index in [1.54, 1.807) is 0 Å². The predicted octanol–water partition coefficient (Wildman–Crippen LogP) is 2.10. The molecule has 0 atom stereocenters. The van der Waals surface area contributed by atoms with Crippen molar-refractivity contribution in [2.24, 2.45) is 0 Å². The molecule has 0 bridgehead atoms. The number of imidazole rings is 1. The molecule has 0 aliphatic heterocycles. The van der Waals surface area contributed by atoms with E-state index in [2.05, 4.69) is 37.9 Å². The number of hydrogen-bond donors (Lipinski definition) is 1. The van der Waals surface area contributed by atoms with Crippen LogP contribution in [-0.4, -0.2) is 9.38 Å². The highest BCUT2D eigenvalue weighted by molar-refractivity contribution is 5.55. The fourth-order valence-electron chi connectivity index (χ4n) is 1.87. The molecular weight excluding hydrogens is 174 g/mol. The van der Waals surface area contributed by atoms with E-state index >= 15 is 0 Å². The molecule has 14 heavy (non-hydrogen) atoms. The molecule has 2 heterocycles. The topological polar surface area (TPSA) is 43.3 Å². The van der Waals surface area contributed by atoms with Crippen molar-refractivity contribution in [3.8, 4) is 0 Å². The van der Waals surface area contributed by atoms with Gasteiger partial charge in [0, 0.05) is 5.69 Å². The molecule has 0 aliphatic rings. The summed E-state index contributed by atoms with van der Waals surface area (Å²) in [6, 6.07) is 4.17. The number of nitrogens with zero attached hydrogens (tertiary/aromatic N) is 2. The van der Waals surface area contributed by atoms with E-state index in [4.69, 9.17) is 5.73 Å². The van der Waals surface area contributed by atoms with Crippen LogP contribution in [-0.2, 0) is 6.42 Å². The summed E-state index contributed by atoms with van der Waals surface area (Å²) in [5.41, 5.74) is 10.3. The second kappa shape index (κ2) is 3.01. The quantitative estimate of drug-likeness (QED) is 0.746. The van der Waals surface area contributed by atoms with Crippen LogP contribution in [0.15, 0.2) is 12.1 Å². The van der Waals surface area contributed by atoms with Crippen molar-refractivity contribution in [1.82, 2.24) is 9.38 Å². The molecule has 0 unspecified atom stereocenters. The summed E-state index contributed by atoms with van der Waals surface area (Å²) < 4.78 is 2.01. The maximum atomic E-state index is 6.00. The number of hydrogen-bond acceptors (Lipinski definition) is 2. The molecule has 0 radical (unpaired) electrons. The van der Waals surface area contributed by atoms with Crippen LogP contribution in [0.2, 0.25) is 0 Å². The highest BCUT2D eigenvalue weighted by Crippen LogP contribution is 2.18. The molecule has 3 heteroatoms. The van der Waals surface area contributed by atoms with Crippen molar-refractivity contribution >= 4 is 11.5 Å². The number of aromatic nitrogens is 2. The fourth-order valence-corrected chi connectivity index (χ4v) is 1.87. The first-order valence-electron chi connectivity index (χ1n) is 4.87. The van der Waals surface area contributed by atoms with E-state index in [1.807, 2.05) is 4.40 Å². The molecule has 74 valence electrons. The Bertz CT molecular complexity index is 483. The maximum Gasteiger partial charge on any atom is 0.139 e. The van der Waals surface area contributed by atoms with Crippen molar-refractivity contribution in [3.05, 3.63) is 29.1 Å². The Morgan fingerprint density at radius 1 is 1.36 bits per heavy atom. The molecule has 2 rings (SSSR count). The van der Waals surface area contributed by atoms with Gasteiger partial charge in [0.15, 0.2) is 0 Å². The first-order chi connectivity index (χ1) is 6.63. The Morgan fingerprint density at radius 2 is 2.07 bits per heavy atom. The van der Waals surface area contributed by atoms with Crippen LogP contribution in [0.4, 0.5) is 5.82 Å². The summed E-state index contributed by atoms with van der Waals surface area (Å²) >= 11 is 0. The van der Waals surface area contributed by atoms with Crippen LogP contribution in [0, 0.1) is 13.8 Å². The van der Waals surface area contributed by atoms with Crippen molar-refractivity contribution in [1.29, 1.82) is 0 Å². The normalized spacial score (nSPS) is 11.1. The number of rotatable bonds is 1. The lowest BCUT2D eigenvalue weighted by molar-refractivity contribution is 1.07. The van der Waals surface area contributed by atoms with Gasteiger partial charge in [-0.3, -0.25) is 4.40 Å². The van der Waals surface area contributed by atoms with Crippen molar-refractivity contribution < 1.29 is 0 Å². The van der Waals surface area contributed by atoms with Crippen LogP contribution in [0.3, 0.4) is 0 Å². The Kier molecular flexibility index (Phi) is 1.95. The molecule has 0 spiro atoms. The Hall–Kier alpha value is -1.51. The molecule has 3 nitrogen and oxygen atoms in total. The third-order valence-corrected chi connectivity index (χ3v) is 2.50. The molecule has 0 aliphatic carbocycles. The van der Waals surface area contributed by atoms with E-state index in [0.29, 0.717) is 0 Å². The number of pyridine rings is 1. The van der Waals surface area contributed by atoms with Crippen LogP contribution in [0.25, 0.3) is 5.65 Å². The third kappa shape index (κ3) is 1.16. The molecule has 0 saturated heterocycles. The summed E-state index contributed by atoms with van der Waals surface area (Å²) in [5, 5.41) is 0. The van der Waals surface area contributed by atoms with Crippen LogP contribution in [0.1, 0.15) is 23.9 Å². The van der Waals surface area contributed by atoms with Gasteiger partial charge in [-0.25, -0.2) is 4.98 Å². The van der Waals surface area contributed by atoms with Crippen molar-refractivity contribution in [2.45, 2.75) is 27.2 Å². The molecule has 0 aromatic carbocycles.